The van der Waals surface area contributed by atoms with Crippen LogP contribution in [0, 0.1) is 0 Å². The van der Waals surface area contributed by atoms with Crippen LogP contribution in [0.2, 0.25) is 0 Å². The minimum atomic E-state index is -0.444. The maximum atomic E-state index is 11.9. The number of thioether (sulfide) groups is 1. The maximum Gasteiger partial charge on any atom is 0.323 e. The summed E-state index contributed by atoms with van der Waals surface area (Å²) < 4.78 is 16.0. The van der Waals surface area contributed by atoms with Crippen LogP contribution in [-0.4, -0.2) is 43.6 Å². The molecule has 1 rings (SSSR count). The van der Waals surface area contributed by atoms with E-state index in [1.807, 2.05) is 51.3 Å². The first-order chi connectivity index (χ1) is 10.9. The highest BCUT2D eigenvalue weighted by Crippen LogP contribution is 2.15. The van der Waals surface area contributed by atoms with E-state index in [2.05, 4.69) is 5.32 Å². The molecule has 0 saturated carbocycles. The summed E-state index contributed by atoms with van der Waals surface area (Å²) in [5.41, 5.74) is 0.768. The van der Waals surface area contributed by atoms with Crippen molar-refractivity contribution >= 4 is 17.7 Å². The third-order valence-electron chi connectivity index (χ3n) is 3.03. The van der Waals surface area contributed by atoms with Crippen LogP contribution >= 0.6 is 11.8 Å². The normalized spacial score (nSPS) is 12.7. The van der Waals surface area contributed by atoms with E-state index in [0.29, 0.717) is 12.4 Å². The van der Waals surface area contributed by atoms with E-state index in [1.54, 1.807) is 11.8 Å². The van der Waals surface area contributed by atoms with Crippen LogP contribution in [0.25, 0.3) is 0 Å². The third kappa shape index (κ3) is 8.25. The Morgan fingerprint density at radius 3 is 2.43 bits per heavy atom. The summed E-state index contributed by atoms with van der Waals surface area (Å²) in [5.74, 6) is 1.14. The van der Waals surface area contributed by atoms with Crippen LogP contribution in [0.1, 0.15) is 26.3 Å². The molecule has 1 N–H and O–H groups in total. The third-order valence-corrected chi connectivity index (χ3v) is 3.38. The quantitative estimate of drug-likeness (QED) is 0.551. The van der Waals surface area contributed by atoms with Gasteiger partial charge in [-0.2, -0.15) is 0 Å². The topological polar surface area (TPSA) is 56.8 Å². The number of carbonyl (C=O) groups is 1. The summed E-state index contributed by atoms with van der Waals surface area (Å²) in [6, 6.07) is 7.28. The molecular weight excluding hydrogens is 314 g/mol. The largest absolute Gasteiger partial charge is 0.483 e. The molecule has 0 bridgehead atoms. The Hall–Kier alpha value is -1.24. The van der Waals surface area contributed by atoms with E-state index in [9.17, 15) is 4.79 Å². The van der Waals surface area contributed by atoms with E-state index in [0.717, 1.165) is 11.3 Å². The molecule has 0 saturated heterocycles. The molecule has 6 heteroatoms. The van der Waals surface area contributed by atoms with Crippen molar-refractivity contribution in [1.29, 1.82) is 0 Å². The highest BCUT2D eigenvalue weighted by Gasteiger charge is 2.20. The number of hydrogen-bond acceptors (Lipinski definition) is 6. The van der Waals surface area contributed by atoms with Crippen molar-refractivity contribution < 1.29 is 19.0 Å². The number of carbonyl (C=O) groups excluding carboxylic acids is 1. The van der Waals surface area contributed by atoms with Crippen molar-refractivity contribution in [3.63, 3.8) is 0 Å². The van der Waals surface area contributed by atoms with E-state index >= 15 is 0 Å². The lowest BCUT2D eigenvalue weighted by molar-refractivity contribution is -0.144. The van der Waals surface area contributed by atoms with Crippen molar-refractivity contribution in [2.45, 2.75) is 38.8 Å². The minimum Gasteiger partial charge on any atom is -0.483 e. The van der Waals surface area contributed by atoms with Crippen molar-refractivity contribution in [3.8, 4) is 5.75 Å². The lowest BCUT2D eigenvalue weighted by atomic mass is 10.1. The fourth-order valence-electron chi connectivity index (χ4n) is 1.82. The van der Waals surface area contributed by atoms with Gasteiger partial charge in [-0.15, -0.1) is 11.8 Å². The average molecular weight is 341 g/mol. The first kappa shape index (κ1) is 19.8. The second-order valence-electron chi connectivity index (χ2n) is 6.08. The average Bonchev–Trinajstić information content (AvgIpc) is 2.51. The highest BCUT2D eigenvalue weighted by molar-refractivity contribution is 7.98. The zero-order valence-corrected chi connectivity index (χ0v) is 15.4. The molecule has 23 heavy (non-hydrogen) atoms. The summed E-state index contributed by atoms with van der Waals surface area (Å²) >= 11 is 1.62. The van der Waals surface area contributed by atoms with Gasteiger partial charge in [0.05, 0.1) is 19.4 Å². The predicted molar refractivity (Wildman–Crippen MR) is 93.8 cm³/mol. The Bertz CT molecular complexity index is 470. The van der Waals surface area contributed by atoms with Crippen LogP contribution < -0.4 is 10.1 Å². The lowest BCUT2D eigenvalue weighted by Gasteiger charge is -2.22. The summed E-state index contributed by atoms with van der Waals surface area (Å²) in [4.78, 5) is 11.9. The molecule has 0 fully saturated rings. The number of methoxy groups -OCH3 is 1. The van der Waals surface area contributed by atoms with E-state index < -0.39 is 6.04 Å². The summed E-state index contributed by atoms with van der Waals surface area (Å²) in [6.07, 6.45) is 2.52. The van der Waals surface area contributed by atoms with Crippen LogP contribution in [0.15, 0.2) is 24.3 Å². The summed E-state index contributed by atoms with van der Waals surface area (Å²) in [7, 11) is 1.39. The number of nitrogens with one attached hydrogen (secondary N) is 1. The van der Waals surface area contributed by atoms with Gasteiger partial charge in [-0.25, -0.2) is 0 Å². The Kier molecular flexibility index (Phi) is 8.44. The summed E-state index contributed by atoms with van der Waals surface area (Å²) in [6.45, 7) is 6.19. The van der Waals surface area contributed by atoms with Gasteiger partial charge >= 0.3 is 5.97 Å². The molecule has 0 radical (unpaired) electrons. The van der Waals surface area contributed by atoms with Crippen molar-refractivity contribution in [3.05, 3.63) is 29.8 Å². The first-order valence-electron chi connectivity index (χ1n) is 7.51. The van der Waals surface area contributed by atoms with Gasteiger partial charge in [0, 0.05) is 0 Å². The Morgan fingerprint density at radius 2 is 1.91 bits per heavy atom. The van der Waals surface area contributed by atoms with E-state index in [-0.39, 0.29) is 18.3 Å². The Labute approximate surface area is 143 Å². The Balaban J connectivity index is 2.60. The maximum absolute atomic E-state index is 11.9. The second-order valence-corrected chi connectivity index (χ2v) is 6.89. The molecule has 0 aliphatic heterocycles. The van der Waals surface area contributed by atoms with E-state index in [4.69, 9.17) is 14.2 Å². The molecule has 1 aromatic rings. The predicted octanol–water partition coefficient (Wildman–Crippen LogP) is 2.83. The van der Waals surface area contributed by atoms with Crippen LogP contribution in [0.5, 0.6) is 5.75 Å². The molecular formula is C17H27NO4S. The molecule has 0 heterocycles. The van der Waals surface area contributed by atoms with Crippen molar-refractivity contribution in [1.82, 2.24) is 5.32 Å². The van der Waals surface area contributed by atoms with Gasteiger partial charge in [0.25, 0.3) is 0 Å². The van der Waals surface area contributed by atoms with Crippen LogP contribution in [-0.2, 0) is 20.7 Å². The molecule has 130 valence electrons. The molecule has 0 amide bonds. The van der Waals surface area contributed by atoms with Gasteiger partial charge in [0.1, 0.15) is 17.7 Å². The van der Waals surface area contributed by atoms with Gasteiger partial charge < -0.3 is 14.2 Å². The van der Waals surface area contributed by atoms with Gasteiger partial charge in [0.15, 0.2) is 0 Å². The van der Waals surface area contributed by atoms with Crippen molar-refractivity contribution in [2.24, 2.45) is 0 Å². The Morgan fingerprint density at radius 1 is 1.26 bits per heavy atom. The van der Waals surface area contributed by atoms with Gasteiger partial charge in [0.2, 0.25) is 0 Å². The molecule has 0 spiro atoms. The first-order valence-corrected chi connectivity index (χ1v) is 8.91. The standard InChI is InChI=1S/C17H27NO4S/c1-17(2,3)22-11-18-15(16(19)20-4)10-13-6-8-14(9-7-13)21-12-23-5/h6-9,15,18H,10-12H2,1-5H3. The van der Waals surface area contributed by atoms with Gasteiger partial charge in [-0.05, 0) is 51.1 Å². The lowest BCUT2D eigenvalue weighted by Crippen LogP contribution is -2.42. The SMILES string of the molecule is COC(=O)C(Cc1ccc(OCSC)cc1)NCOC(C)(C)C. The van der Waals surface area contributed by atoms with Gasteiger partial charge in [-0.3, -0.25) is 10.1 Å². The number of hydrogen-bond donors (Lipinski definition) is 1. The fraction of sp³-hybridized carbons (Fsp3) is 0.588. The molecule has 1 unspecified atom stereocenters. The number of ether oxygens (including phenoxy) is 3. The smallest absolute Gasteiger partial charge is 0.323 e. The molecule has 0 aromatic heterocycles. The van der Waals surface area contributed by atoms with Crippen LogP contribution in [0.4, 0.5) is 0 Å². The van der Waals surface area contributed by atoms with E-state index in [1.165, 1.54) is 7.11 Å². The highest BCUT2D eigenvalue weighted by atomic mass is 32.2. The zero-order chi connectivity index (χ0) is 17.3. The monoisotopic (exact) mass is 341 g/mol. The molecule has 1 atom stereocenters. The zero-order valence-electron chi connectivity index (χ0n) is 14.5. The molecule has 0 aliphatic carbocycles. The number of esters is 1. The number of benzene rings is 1. The molecule has 1 aromatic carbocycles. The van der Waals surface area contributed by atoms with Crippen molar-refractivity contribution in [2.75, 3.05) is 26.0 Å². The molecule has 5 nitrogen and oxygen atoms in total. The molecule has 0 aliphatic rings. The van der Waals surface area contributed by atoms with Crippen LogP contribution in [0.3, 0.4) is 0 Å². The number of rotatable bonds is 9. The minimum absolute atomic E-state index is 0.260. The summed E-state index contributed by atoms with van der Waals surface area (Å²) in [5, 5.41) is 3.09. The van der Waals surface area contributed by atoms with Gasteiger partial charge in [-0.1, -0.05) is 12.1 Å². The second kappa shape index (κ2) is 9.80. The fourth-order valence-corrected chi connectivity index (χ4v) is 2.08.